The largest absolute Gasteiger partial charge is 0.616 e. The van der Waals surface area contributed by atoms with Crippen LogP contribution in [0, 0.1) is 0 Å². The Balaban J connectivity index is 3.71. The van der Waals surface area contributed by atoms with Crippen molar-refractivity contribution in [1.29, 1.82) is 0 Å². The zero-order valence-corrected chi connectivity index (χ0v) is 11.0. The Kier molecular flexibility index (Phi) is 6.78. The SMILES string of the molecule is CC(C)[S+]([O-])CCN(C)CCS(=O)(=O)O. The maximum Gasteiger partial charge on any atom is 0.266 e. The van der Waals surface area contributed by atoms with E-state index in [9.17, 15) is 13.0 Å². The van der Waals surface area contributed by atoms with Crippen molar-refractivity contribution < 1.29 is 17.5 Å². The molecule has 0 saturated carbocycles. The number of hydrogen-bond donors (Lipinski definition) is 1. The van der Waals surface area contributed by atoms with Crippen molar-refractivity contribution in [2.24, 2.45) is 0 Å². The molecule has 0 aliphatic rings. The van der Waals surface area contributed by atoms with Gasteiger partial charge in [0.1, 0.15) is 11.0 Å². The van der Waals surface area contributed by atoms with Crippen molar-refractivity contribution in [3.63, 3.8) is 0 Å². The van der Waals surface area contributed by atoms with Gasteiger partial charge in [-0.15, -0.1) is 0 Å². The molecule has 0 amide bonds. The first-order valence-electron chi connectivity index (χ1n) is 4.73. The summed E-state index contributed by atoms with van der Waals surface area (Å²) in [4.78, 5) is 1.74. The molecule has 1 N–H and O–H groups in total. The summed E-state index contributed by atoms with van der Waals surface area (Å²) in [5.41, 5.74) is 0. The number of hydrogen-bond acceptors (Lipinski definition) is 4. The van der Waals surface area contributed by atoms with Gasteiger partial charge in [-0.1, -0.05) is 11.2 Å². The first-order valence-corrected chi connectivity index (χ1v) is 7.72. The molecule has 0 bridgehead atoms. The molecule has 7 heteroatoms. The third kappa shape index (κ3) is 9.13. The van der Waals surface area contributed by atoms with Crippen LogP contribution in [0.4, 0.5) is 0 Å². The second-order valence-electron chi connectivity index (χ2n) is 3.72. The lowest BCUT2D eigenvalue weighted by molar-refractivity contribution is 0.367. The lowest BCUT2D eigenvalue weighted by Crippen LogP contribution is -2.32. The Hall–Kier alpha value is 0.180. The maximum atomic E-state index is 11.4. The van der Waals surface area contributed by atoms with Crippen LogP contribution in [-0.4, -0.2) is 59.3 Å². The lowest BCUT2D eigenvalue weighted by atomic mass is 10.6. The van der Waals surface area contributed by atoms with Crippen molar-refractivity contribution >= 4 is 21.3 Å². The van der Waals surface area contributed by atoms with E-state index in [1.165, 1.54) is 0 Å². The summed E-state index contributed by atoms with van der Waals surface area (Å²) >= 11 is -0.871. The van der Waals surface area contributed by atoms with E-state index in [2.05, 4.69) is 0 Å². The molecule has 0 heterocycles. The highest BCUT2D eigenvalue weighted by atomic mass is 32.2. The monoisotopic (exact) mass is 257 g/mol. The normalized spacial score (nSPS) is 14.9. The second-order valence-corrected chi connectivity index (χ2v) is 7.41. The van der Waals surface area contributed by atoms with Crippen molar-refractivity contribution in [3.8, 4) is 0 Å². The molecule has 0 rings (SSSR count). The van der Waals surface area contributed by atoms with E-state index in [-0.39, 0.29) is 17.5 Å². The van der Waals surface area contributed by atoms with Gasteiger partial charge in [0.2, 0.25) is 0 Å². The summed E-state index contributed by atoms with van der Waals surface area (Å²) in [6.45, 7) is 4.59. The zero-order valence-electron chi connectivity index (χ0n) is 9.34. The molecule has 15 heavy (non-hydrogen) atoms. The van der Waals surface area contributed by atoms with E-state index < -0.39 is 21.3 Å². The van der Waals surface area contributed by atoms with Crippen molar-refractivity contribution in [2.45, 2.75) is 19.1 Å². The smallest absolute Gasteiger partial charge is 0.266 e. The predicted molar refractivity (Wildman–Crippen MR) is 62.1 cm³/mol. The fraction of sp³-hybridized carbons (Fsp3) is 1.00. The molecule has 0 aromatic heterocycles. The van der Waals surface area contributed by atoms with Crippen LogP contribution in [0.25, 0.3) is 0 Å². The quantitative estimate of drug-likeness (QED) is 0.511. The van der Waals surface area contributed by atoms with Gasteiger partial charge in [0.15, 0.2) is 0 Å². The Morgan fingerprint density at radius 3 is 2.33 bits per heavy atom. The molecule has 0 aromatic carbocycles. The van der Waals surface area contributed by atoms with Gasteiger partial charge in [-0.25, -0.2) is 0 Å². The molecule has 1 unspecified atom stereocenters. The van der Waals surface area contributed by atoms with E-state index >= 15 is 0 Å². The molecule has 0 radical (unpaired) electrons. The molecule has 0 spiro atoms. The van der Waals surface area contributed by atoms with Gasteiger partial charge in [0.05, 0.1) is 5.75 Å². The fourth-order valence-electron chi connectivity index (χ4n) is 0.865. The third-order valence-electron chi connectivity index (χ3n) is 1.93. The van der Waals surface area contributed by atoms with Crippen molar-refractivity contribution in [2.75, 3.05) is 31.6 Å². The highest BCUT2D eigenvalue weighted by Crippen LogP contribution is 2.01. The van der Waals surface area contributed by atoms with E-state index in [4.69, 9.17) is 4.55 Å². The van der Waals surface area contributed by atoms with Crippen LogP contribution in [0.15, 0.2) is 0 Å². The fourth-order valence-corrected chi connectivity index (χ4v) is 2.37. The molecule has 0 aromatic rings. The van der Waals surface area contributed by atoms with Gasteiger partial charge >= 0.3 is 0 Å². The molecule has 0 aliphatic heterocycles. The Morgan fingerprint density at radius 1 is 1.40 bits per heavy atom. The standard InChI is InChI=1S/C8H19NO4S2/c1-8(2)14(10)6-4-9(3)5-7-15(11,12)13/h8H,4-7H2,1-3H3,(H,11,12,13). The van der Waals surface area contributed by atoms with E-state index in [0.29, 0.717) is 12.3 Å². The Morgan fingerprint density at radius 2 is 1.93 bits per heavy atom. The summed E-state index contributed by atoms with van der Waals surface area (Å²) in [7, 11) is -2.15. The van der Waals surface area contributed by atoms with Crippen molar-refractivity contribution in [1.82, 2.24) is 4.90 Å². The van der Waals surface area contributed by atoms with Gasteiger partial charge in [-0.3, -0.25) is 4.55 Å². The van der Waals surface area contributed by atoms with E-state index in [1.54, 1.807) is 11.9 Å². The molecule has 92 valence electrons. The van der Waals surface area contributed by atoms with Gasteiger partial charge in [-0.05, 0) is 20.9 Å². The maximum absolute atomic E-state index is 11.4. The summed E-state index contributed by atoms with van der Waals surface area (Å²) < 4.78 is 40.8. The third-order valence-corrected chi connectivity index (χ3v) is 4.27. The number of nitrogens with zero attached hydrogens (tertiary/aromatic N) is 1. The summed E-state index contributed by atoms with van der Waals surface area (Å²) in [6, 6.07) is 0. The first kappa shape index (κ1) is 15.2. The molecular weight excluding hydrogens is 238 g/mol. The van der Waals surface area contributed by atoms with Crippen LogP contribution in [0.1, 0.15) is 13.8 Å². The lowest BCUT2D eigenvalue weighted by Gasteiger charge is -2.19. The molecule has 0 fully saturated rings. The molecular formula is C8H19NO4S2. The van der Waals surface area contributed by atoms with Crippen LogP contribution < -0.4 is 0 Å². The Bertz CT molecular complexity index is 266. The van der Waals surface area contributed by atoms with E-state index in [1.807, 2.05) is 13.8 Å². The van der Waals surface area contributed by atoms with Gasteiger partial charge in [-0.2, -0.15) is 8.42 Å². The number of rotatable bonds is 7. The Labute approximate surface area is 94.8 Å². The van der Waals surface area contributed by atoms with Gasteiger partial charge in [0.25, 0.3) is 10.1 Å². The minimum Gasteiger partial charge on any atom is -0.616 e. The average molecular weight is 257 g/mol. The van der Waals surface area contributed by atoms with Crippen LogP contribution in [0.2, 0.25) is 0 Å². The van der Waals surface area contributed by atoms with E-state index in [0.717, 1.165) is 0 Å². The van der Waals surface area contributed by atoms with Crippen LogP contribution in [0.5, 0.6) is 0 Å². The molecule has 1 atom stereocenters. The zero-order chi connectivity index (χ0) is 12.1. The van der Waals surface area contributed by atoms with Crippen LogP contribution in [0.3, 0.4) is 0 Å². The van der Waals surface area contributed by atoms with Gasteiger partial charge < -0.3 is 9.45 Å². The molecule has 0 aliphatic carbocycles. The highest BCUT2D eigenvalue weighted by Gasteiger charge is 2.13. The topological polar surface area (TPSA) is 80.7 Å². The summed E-state index contributed by atoms with van der Waals surface area (Å²) in [6.07, 6.45) is 0. The summed E-state index contributed by atoms with van der Waals surface area (Å²) in [5.74, 6) is 0.247. The van der Waals surface area contributed by atoms with Crippen LogP contribution >= 0.6 is 0 Å². The highest BCUT2D eigenvalue weighted by molar-refractivity contribution is 7.92. The van der Waals surface area contributed by atoms with Crippen molar-refractivity contribution in [3.05, 3.63) is 0 Å². The second kappa shape index (κ2) is 6.70. The molecule has 5 nitrogen and oxygen atoms in total. The summed E-state index contributed by atoms with van der Waals surface area (Å²) in [5, 5.41) is 0.125. The molecule has 0 saturated heterocycles. The average Bonchev–Trinajstić information content (AvgIpc) is 2.09. The first-order chi connectivity index (χ1) is 6.72. The minimum atomic E-state index is -3.89. The predicted octanol–water partition coefficient (Wildman–Crippen LogP) is -0.0369. The van der Waals surface area contributed by atoms with Gasteiger partial charge in [0, 0.05) is 13.1 Å². The van der Waals surface area contributed by atoms with Crippen LogP contribution in [-0.2, 0) is 21.3 Å². The minimum absolute atomic E-state index is 0.125.